The number of amides is 1. The zero-order valence-electron chi connectivity index (χ0n) is 12.7. The normalized spacial score (nSPS) is 15.7. The molecule has 1 aromatic heterocycles. The summed E-state index contributed by atoms with van der Waals surface area (Å²) >= 11 is 1.71. The van der Waals surface area contributed by atoms with Crippen LogP contribution in [0.25, 0.3) is 0 Å². The van der Waals surface area contributed by atoms with Crippen LogP contribution < -0.4 is 14.8 Å². The number of carbonyl (C=O) groups is 1. The smallest absolute Gasteiger partial charge is 0.231 e. The maximum atomic E-state index is 12.0. The number of nitrogens with zero attached hydrogens (tertiary/aromatic N) is 1. The highest BCUT2D eigenvalue weighted by Gasteiger charge is 2.26. The molecule has 4 rings (SSSR count). The molecule has 6 heteroatoms. The first-order chi connectivity index (χ1) is 11.3. The fourth-order valence-corrected chi connectivity index (χ4v) is 3.54. The number of nitrogens with one attached hydrogen (secondary N) is 1. The number of fused-ring (bicyclic) bond motifs is 1. The van der Waals surface area contributed by atoms with Crippen LogP contribution in [0, 0.1) is 0 Å². The van der Waals surface area contributed by atoms with Crippen molar-refractivity contribution in [3.63, 3.8) is 0 Å². The first-order valence-electron chi connectivity index (χ1n) is 7.87. The van der Waals surface area contributed by atoms with Crippen molar-refractivity contribution in [3.05, 3.63) is 39.8 Å². The maximum Gasteiger partial charge on any atom is 0.231 e. The molecule has 1 aromatic carbocycles. The summed E-state index contributed by atoms with van der Waals surface area (Å²) in [6.45, 7) is 0.791. The number of benzene rings is 1. The second-order valence-corrected chi connectivity index (χ2v) is 6.81. The van der Waals surface area contributed by atoms with Crippen LogP contribution in [0.1, 0.15) is 41.4 Å². The molecule has 1 aliphatic carbocycles. The third-order valence-electron chi connectivity index (χ3n) is 4.04. The van der Waals surface area contributed by atoms with Gasteiger partial charge < -0.3 is 14.8 Å². The van der Waals surface area contributed by atoms with Crippen LogP contribution in [0.2, 0.25) is 0 Å². The highest BCUT2D eigenvalue weighted by Crippen LogP contribution is 2.41. The van der Waals surface area contributed by atoms with E-state index in [0.29, 0.717) is 25.3 Å². The molecule has 0 spiro atoms. The quantitative estimate of drug-likeness (QED) is 0.884. The Kier molecular flexibility index (Phi) is 3.91. The zero-order valence-corrected chi connectivity index (χ0v) is 13.5. The molecule has 120 valence electrons. The molecule has 1 saturated carbocycles. The van der Waals surface area contributed by atoms with Crippen molar-refractivity contribution < 1.29 is 14.3 Å². The predicted octanol–water partition coefficient (Wildman–Crippen LogP) is 3.00. The first-order valence-corrected chi connectivity index (χ1v) is 8.75. The van der Waals surface area contributed by atoms with Crippen LogP contribution in [0.3, 0.4) is 0 Å². The molecule has 2 heterocycles. The van der Waals surface area contributed by atoms with Crippen molar-refractivity contribution in [2.24, 2.45) is 0 Å². The van der Waals surface area contributed by atoms with Crippen LogP contribution in [0.4, 0.5) is 0 Å². The SMILES string of the molecule is O=C(CCc1ccc2c(c1)OCO2)NCc1csc(C2CC2)n1. The Morgan fingerprint density at radius 3 is 3.04 bits per heavy atom. The van der Waals surface area contributed by atoms with E-state index in [9.17, 15) is 4.79 Å². The van der Waals surface area contributed by atoms with Crippen LogP contribution in [-0.2, 0) is 17.8 Å². The summed E-state index contributed by atoms with van der Waals surface area (Å²) in [5.74, 6) is 2.25. The van der Waals surface area contributed by atoms with Gasteiger partial charge in [0, 0.05) is 17.7 Å². The molecule has 1 amide bonds. The van der Waals surface area contributed by atoms with E-state index in [0.717, 1.165) is 22.8 Å². The lowest BCUT2D eigenvalue weighted by molar-refractivity contribution is -0.121. The van der Waals surface area contributed by atoms with Gasteiger partial charge in [0.05, 0.1) is 17.2 Å². The van der Waals surface area contributed by atoms with Gasteiger partial charge in [-0.15, -0.1) is 11.3 Å². The second kappa shape index (κ2) is 6.20. The van der Waals surface area contributed by atoms with Gasteiger partial charge in [0.1, 0.15) is 0 Å². The number of aryl methyl sites for hydroxylation is 1. The molecule has 0 bridgehead atoms. The van der Waals surface area contributed by atoms with E-state index < -0.39 is 0 Å². The minimum atomic E-state index is 0.0450. The molecule has 2 aliphatic rings. The molecular weight excluding hydrogens is 312 g/mol. The summed E-state index contributed by atoms with van der Waals surface area (Å²) in [5.41, 5.74) is 2.04. The Morgan fingerprint density at radius 2 is 2.17 bits per heavy atom. The Hall–Kier alpha value is -2.08. The van der Waals surface area contributed by atoms with Gasteiger partial charge in [0.25, 0.3) is 0 Å². The summed E-state index contributed by atoms with van der Waals surface area (Å²) in [5, 5.41) is 6.21. The summed E-state index contributed by atoms with van der Waals surface area (Å²) in [6, 6.07) is 5.81. The Bertz CT molecular complexity index is 724. The lowest BCUT2D eigenvalue weighted by Crippen LogP contribution is -2.23. The lowest BCUT2D eigenvalue weighted by atomic mass is 10.1. The third kappa shape index (κ3) is 3.47. The van der Waals surface area contributed by atoms with Crippen molar-refractivity contribution in [2.75, 3.05) is 6.79 Å². The van der Waals surface area contributed by atoms with Gasteiger partial charge in [-0.1, -0.05) is 6.07 Å². The van der Waals surface area contributed by atoms with Crippen molar-refractivity contribution >= 4 is 17.2 Å². The Morgan fingerprint density at radius 1 is 1.30 bits per heavy atom. The van der Waals surface area contributed by atoms with Crippen LogP contribution in [0.5, 0.6) is 11.5 Å². The summed E-state index contributed by atoms with van der Waals surface area (Å²) in [7, 11) is 0. The molecule has 1 N–H and O–H groups in total. The van der Waals surface area contributed by atoms with E-state index in [4.69, 9.17) is 9.47 Å². The number of rotatable bonds is 6. The molecule has 1 fully saturated rings. The standard InChI is InChI=1S/C17H18N2O3S/c20-16(18-8-13-9-23-17(19-13)12-3-4-12)6-2-11-1-5-14-15(7-11)22-10-21-14/h1,5,7,9,12H,2-4,6,8,10H2,(H,18,20). The van der Waals surface area contributed by atoms with Crippen molar-refractivity contribution in [1.29, 1.82) is 0 Å². The monoisotopic (exact) mass is 330 g/mol. The molecular formula is C17H18N2O3S. The van der Waals surface area contributed by atoms with Gasteiger partial charge >= 0.3 is 0 Å². The van der Waals surface area contributed by atoms with E-state index in [1.54, 1.807) is 11.3 Å². The van der Waals surface area contributed by atoms with Crippen molar-refractivity contribution in [1.82, 2.24) is 10.3 Å². The number of aromatic nitrogens is 1. The molecule has 0 radical (unpaired) electrons. The highest BCUT2D eigenvalue weighted by atomic mass is 32.1. The van der Waals surface area contributed by atoms with Crippen LogP contribution in [0.15, 0.2) is 23.6 Å². The minimum absolute atomic E-state index is 0.0450. The highest BCUT2D eigenvalue weighted by molar-refractivity contribution is 7.09. The van der Waals surface area contributed by atoms with Gasteiger partial charge in [0.2, 0.25) is 12.7 Å². The van der Waals surface area contributed by atoms with Gasteiger partial charge in [-0.05, 0) is 37.0 Å². The van der Waals surface area contributed by atoms with Gasteiger partial charge in [-0.2, -0.15) is 0 Å². The molecule has 1 aliphatic heterocycles. The van der Waals surface area contributed by atoms with Crippen molar-refractivity contribution in [3.8, 4) is 11.5 Å². The first kappa shape index (κ1) is 14.5. The van der Waals surface area contributed by atoms with Crippen LogP contribution >= 0.6 is 11.3 Å². The molecule has 5 nitrogen and oxygen atoms in total. The van der Waals surface area contributed by atoms with E-state index in [1.807, 2.05) is 23.6 Å². The fraction of sp³-hybridized carbons (Fsp3) is 0.412. The molecule has 0 unspecified atom stereocenters. The summed E-state index contributed by atoms with van der Waals surface area (Å²) < 4.78 is 10.6. The predicted molar refractivity (Wildman–Crippen MR) is 86.8 cm³/mol. The topological polar surface area (TPSA) is 60.5 Å². The average molecular weight is 330 g/mol. The third-order valence-corrected chi connectivity index (χ3v) is 5.10. The Balaban J connectivity index is 1.25. The maximum absolute atomic E-state index is 12.0. The number of hydrogen-bond donors (Lipinski definition) is 1. The molecule has 2 aromatic rings. The largest absolute Gasteiger partial charge is 0.454 e. The number of carbonyl (C=O) groups excluding carboxylic acids is 1. The van der Waals surface area contributed by atoms with E-state index in [1.165, 1.54) is 17.8 Å². The number of thiazole rings is 1. The number of ether oxygens (including phenoxy) is 2. The van der Waals surface area contributed by atoms with Gasteiger partial charge in [0.15, 0.2) is 11.5 Å². The van der Waals surface area contributed by atoms with Crippen molar-refractivity contribution in [2.45, 2.75) is 38.1 Å². The van der Waals surface area contributed by atoms with Crippen LogP contribution in [-0.4, -0.2) is 17.7 Å². The number of hydrogen-bond acceptors (Lipinski definition) is 5. The molecule has 23 heavy (non-hydrogen) atoms. The summed E-state index contributed by atoms with van der Waals surface area (Å²) in [6.07, 6.45) is 3.66. The molecule has 0 atom stereocenters. The lowest BCUT2D eigenvalue weighted by Gasteiger charge is -2.05. The second-order valence-electron chi connectivity index (χ2n) is 5.92. The molecule has 0 saturated heterocycles. The van der Waals surface area contributed by atoms with E-state index in [-0.39, 0.29) is 12.7 Å². The van der Waals surface area contributed by atoms with Gasteiger partial charge in [-0.3, -0.25) is 4.79 Å². The zero-order chi connectivity index (χ0) is 15.6. The van der Waals surface area contributed by atoms with E-state index >= 15 is 0 Å². The van der Waals surface area contributed by atoms with Gasteiger partial charge in [-0.25, -0.2) is 4.98 Å². The fourth-order valence-electron chi connectivity index (χ4n) is 2.55. The summed E-state index contributed by atoms with van der Waals surface area (Å²) in [4.78, 5) is 16.6. The Labute approximate surface area is 138 Å². The minimum Gasteiger partial charge on any atom is -0.454 e. The average Bonchev–Trinajstić information content (AvgIpc) is 3.12. The van der Waals surface area contributed by atoms with E-state index in [2.05, 4.69) is 10.3 Å².